The lowest BCUT2D eigenvalue weighted by Crippen LogP contribution is -2.28. The molecule has 0 unspecified atom stereocenters. The molecule has 3 aromatic carbocycles. The van der Waals surface area contributed by atoms with E-state index < -0.39 is 58.5 Å². The Morgan fingerprint density at radius 1 is 0.609 bits per heavy atom. The molecule has 6 rings (SSSR count). The van der Waals surface area contributed by atoms with Crippen LogP contribution in [0.5, 0.6) is 0 Å². The maximum Gasteiger partial charge on any atom is 0.296 e. The number of carbonyl (C=O) groups is 3. The fourth-order valence-corrected chi connectivity index (χ4v) is 7.89. The van der Waals surface area contributed by atoms with Crippen LogP contribution in [0.25, 0.3) is 6.08 Å². The highest BCUT2D eigenvalue weighted by Crippen LogP contribution is 2.41. The fraction of sp³-hybridized carbons (Fsp3) is 0.190. The van der Waals surface area contributed by atoms with Gasteiger partial charge in [0, 0.05) is 49.7 Å². The topological polar surface area (TPSA) is 290 Å². The van der Waals surface area contributed by atoms with Crippen molar-refractivity contribution in [3.05, 3.63) is 118 Å². The third kappa shape index (κ3) is 10.4. The first kappa shape index (κ1) is 46.1. The van der Waals surface area contributed by atoms with Crippen LogP contribution < -0.4 is 22.0 Å². The first-order valence-electron chi connectivity index (χ1n) is 19.6. The van der Waals surface area contributed by atoms with Crippen molar-refractivity contribution < 1.29 is 40.3 Å². The molecule has 3 aliphatic rings. The zero-order valence-electron chi connectivity index (χ0n) is 34.8. The Kier molecular flexibility index (Phi) is 13.9. The number of ketones is 3. The van der Waals surface area contributed by atoms with Crippen molar-refractivity contribution in [2.45, 2.75) is 32.6 Å². The lowest BCUT2D eigenvalue weighted by Gasteiger charge is -2.23. The van der Waals surface area contributed by atoms with Crippen LogP contribution in [0.1, 0.15) is 43.6 Å². The third-order valence-electron chi connectivity index (χ3n) is 9.92. The number of likely N-dealkylation sites (N-methyl/N-ethyl adjacent to an activating group) is 2. The van der Waals surface area contributed by atoms with E-state index in [9.17, 15) is 40.3 Å². The van der Waals surface area contributed by atoms with Gasteiger partial charge in [-0.15, -0.1) is 5.11 Å². The molecule has 3 aromatic rings. The van der Waals surface area contributed by atoms with E-state index in [2.05, 4.69) is 41.8 Å². The molecule has 0 radical (unpaired) electrons. The molecule has 0 bridgehead atoms. The van der Waals surface area contributed by atoms with Crippen LogP contribution in [-0.2, 0) is 29.8 Å². The summed E-state index contributed by atoms with van der Waals surface area (Å²) >= 11 is 0. The first-order chi connectivity index (χ1) is 30.4. The van der Waals surface area contributed by atoms with Crippen molar-refractivity contribution >= 4 is 94.9 Å². The van der Waals surface area contributed by atoms with Crippen molar-refractivity contribution in [1.82, 2.24) is 9.80 Å². The van der Waals surface area contributed by atoms with Crippen molar-refractivity contribution in [2.75, 3.05) is 48.2 Å². The number of anilines is 4. The van der Waals surface area contributed by atoms with Gasteiger partial charge in [-0.25, -0.2) is 0 Å². The number of Topliss-reactive ketones (excluding diaryl/α,β-unsaturated/α-hetero) is 1. The summed E-state index contributed by atoms with van der Waals surface area (Å²) in [6, 6.07) is 12.9. The Labute approximate surface area is 368 Å². The molecule has 0 saturated heterocycles. The van der Waals surface area contributed by atoms with Crippen LogP contribution in [0.2, 0.25) is 0 Å². The highest BCUT2D eigenvalue weighted by Gasteiger charge is 2.37. The monoisotopic (exact) mass is 909 g/mol. The van der Waals surface area contributed by atoms with E-state index in [1.165, 1.54) is 36.4 Å². The molecule has 3 aliphatic carbocycles. The number of nitrogens with two attached hydrogens (primary N) is 1. The Morgan fingerprint density at radius 3 is 1.48 bits per heavy atom. The largest absolute Gasteiger partial charge is 0.396 e. The number of rotatable bonds is 16. The number of hydrogen-bond acceptors (Lipinski definition) is 18. The van der Waals surface area contributed by atoms with Gasteiger partial charge in [0.1, 0.15) is 26.9 Å². The number of nitrogens with zero attached hydrogens (tertiary/aromatic N) is 7. The van der Waals surface area contributed by atoms with E-state index in [1.807, 2.05) is 37.5 Å². The second-order valence-electron chi connectivity index (χ2n) is 13.9. The number of nitrogen functional groups attached to an aromatic ring is 1. The average Bonchev–Trinajstić information content (AvgIpc) is 3.26. The molecular formula is C42H43N11O9S2. The van der Waals surface area contributed by atoms with E-state index in [0.717, 1.165) is 49.7 Å². The van der Waals surface area contributed by atoms with Gasteiger partial charge in [-0.05, 0) is 118 Å². The van der Waals surface area contributed by atoms with Crippen LogP contribution in [0.15, 0.2) is 138 Å². The quantitative estimate of drug-likeness (QED) is 0.0312. The second kappa shape index (κ2) is 19.3. The Bertz CT molecular complexity index is 2910. The molecular weight excluding hydrogens is 867 g/mol. The summed E-state index contributed by atoms with van der Waals surface area (Å²) in [6.45, 7) is 10.9. The van der Waals surface area contributed by atoms with Crippen LogP contribution >= 0.6 is 0 Å². The van der Waals surface area contributed by atoms with Gasteiger partial charge in [0.25, 0.3) is 20.2 Å². The Morgan fingerprint density at radius 2 is 1.06 bits per heavy atom. The first-order valence-corrected chi connectivity index (χ1v) is 22.5. The molecule has 332 valence electrons. The number of hydrogen-bond donors (Lipinski definition) is 6. The molecule has 0 heterocycles. The van der Waals surface area contributed by atoms with E-state index in [-0.39, 0.29) is 39.9 Å². The molecule has 7 N–H and O–H groups in total. The fourth-order valence-electron chi connectivity index (χ4n) is 6.56. The van der Waals surface area contributed by atoms with Gasteiger partial charge in [0.15, 0.2) is 5.71 Å². The van der Waals surface area contributed by atoms with Crippen molar-refractivity contribution in [3.63, 3.8) is 0 Å². The number of benzene rings is 3. The lowest BCUT2D eigenvalue weighted by molar-refractivity contribution is -0.109. The average molecular weight is 910 g/mol. The van der Waals surface area contributed by atoms with E-state index in [1.54, 1.807) is 48.6 Å². The molecule has 64 heavy (non-hydrogen) atoms. The number of allylic oxidation sites excluding steroid dienone is 7. The number of nitrogens with one attached hydrogen (secondary N) is 3. The summed E-state index contributed by atoms with van der Waals surface area (Å²) in [4.78, 5) is 41.4. The summed E-state index contributed by atoms with van der Waals surface area (Å²) in [7, 11) is -10.3. The molecule has 0 saturated carbocycles. The van der Waals surface area contributed by atoms with Crippen LogP contribution in [0.3, 0.4) is 0 Å². The third-order valence-corrected chi connectivity index (χ3v) is 11.7. The van der Waals surface area contributed by atoms with Gasteiger partial charge in [-0.2, -0.15) is 37.3 Å². The van der Waals surface area contributed by atoms with Crippen molar-refractivity contribution in [1.29, 1.82) is 0 Å². The van der Waals surface area contributed by atoms with Gasteiger partial charge >= 0.3 is 0 Å². The Hall–Kier alpha value is -7.40. The maximum atomic E-state index is 14.0. The SMILES string of the molecule is CCN(CC)C1=CC(=O)C(=NNc2ccc(N=Nc3c(S(=O)(=O)O)cc4c(c3N)C(=O)C(=NNc3ccc(NN=C5C=CC(N(CC)CC)=CC5=O)cc3)C(S(=O)(=O)O)=C4)cc2)C=C1. The lowest BCUT2D eigenvalue weighted by atomic mass is 9.92. The maximum absolute atomic E-state index is 14.0. The molecule has 0 atom stereocenters. The van der Waals surface area contributed by atoms with E-state index in [4.69, 9.17) is 5.73 Å². The highest BCUT2D eigenvalue weighted by atomic mass is 32.2. The second-order valence-corrected chi connectivity index (χ2v) is 16.7. The summed E-state index contributed by atoms with van der Waals surface area (Å²) in [5.74, 6) is -1.70. The van der Waals surface area contributed by atoms with Crippen molar-refractivity contribution in [2.24, 2.45) is 25.5 Å². The smallest absolute Gasteiger partial charge is 0.296 e. The van der Waals surface area contributed by atoms with Gasteiger partial charge in [-0.1, -0.05) is 0 Å². The van der Waals surface area contributed by atoms with Crippen molar-refractivity contribution in [3.8, 4) is 0 Å². The summed E-state index contributed by atoms with van der Waals surface area (Å²) in [5, 5.41) is 20.3. The summed E-state index contributed by atoms with van der Waals surface area (Å²) in [6.07, 6.45) is 10.6. The zero-order valence-corrected chi connectivity index (χ0v) is 36.5. The predicted molar refractivity (Wildman–Crippen MR) is 245 cm³/mol. The highest BCUT2D eigenvalue weighted by molar-refractivity contribution is 7.91. The minimum absolute atomic E-state index is 0.165. The number of carbonyl (C=O) groups excluding carboxylic acids is 3. The van der Waals surface area contributed by atoms with Crippen LogP contribution in [0, 0.1) is 0 Å². The molecule has 0 amide bonds. The van der Waals surface area contributed by atoms with Crippen LogP contribution in [-0.4, -0.2) is 96.4 Å². The molecule has 22 heteroatoms. The normalized spacial score (nSPS) is 17.1. The molecule has 0 fully saturated rings. The molecule has 0 spiro atoms. The van der Waals surface area contributed by atoms with Crippen LogP contribution in [0.4, 0.5) is 34.1 Å². The molecule has 0 aliphatic heterocycles. The van der Waals surface area contributed by atoms with Gasteiger partial charge in [0.05, 0.1) is 34.0 Å². The number of hydrazone groups is 3. The van der Waals surface area contributed by atoms with Gasteiger partial charge in [-0.3, -0.25) is 39.8 Å². The Balaban J connectivity index is 1.21. The summed E-state index contributed by atoms with van der Waals surface area (Å²) < 4.78 is 70.4. The standard InChI is InChI=1S/C42H43N11O9S2/c1-5-52(6-2)30-17-19-32(34(54)23-30)48-44-26-9-13-28(14-10-26)46-50-40-36(63(57,58)59)21-25-22-37(64(60,61)62)41(42(56)38(25)39(40)43)51-47-29-15-11-27(12-16-29)45-49-33-20-18-31(24-35(33)55)53(7-3)8-4/h9-24,44-45,47H,5-8,43H2,1-4H3,(H,57,58,59)(H,60,61,62). The minimum Gasteiger partial charge on any atom is -0.396 e. The van der Waals surface area contributed by atoms with E-state index in [0.29, 0.717) is 11.4 Å². The van der Waals surface area contributed by atoms with Gasteiger partial charge in [0.2, 0.25) is 17.3 Å². The van der Waals surface area contributed by atoms with Gasteiger partial charge < -0.3 is 15.5 Å². The molecule has 20 nitrogen and oxygen atoms in total. The number of azo groups is 1. The zero-order chi connectivity index (χ0) is 46.3. The summed E-state index contributed by atoms with van der Waals surface area (Å²) in [5.41, 5.74) is 14.8. The minimum atomic E-state index is -5.17. The number of fused-ring (bicyclic) bond motifs is 1. The van der Waals surface area contributed by atoms with E-state index >= 15 is 0 Å². The molecule has 0 aromatic heterocycles. The predicted octanol–water partition coefficient (Wildman–Crippen LogP) is 6.09.